The van der Waals surface area contributed by atoms with Crippen molar-refractivity contribution in [1.82, 2.24) is 0 Å². The smallest absolute Gasteiger partial charge is 0.144 e. The molecule has 0 saturated carbocycles. The first-order valence-corrected chi connectivity index (χ1v) is 7.83. The third-order valence-electron chi connectivity index (χ3n) is 4.63. The Bertz CT molecular complexity index is 618. The van der Waals surface area contributed by atoms with E-state index in [0.717, 1.165) is 22.5 Å². The summed E-state index contributed by atoms with van der Waals surface area (Å²) in [5.41, 5.74) is 3.67. The lowest BCUT2D eigenvalue weighted by atomic mass is 9.73. The van der Waals surface area contributed by atoms with Crippen molar-refractivity contribution in [1.29, 1.82) is 0 Å². The molecule has 0 atom stereocenters. The SMILES string of the molecule is CC(=O)C(C)(c1ccc(N(C)C)cc1)c1ccc(N(C)C)cc1. The van der Waals surface area contributed by atoms with Crippen molar-refractivity contribution in [2.24, 2.45) is 0 Å². The predicted molar refractivity (Wildman–Crippen MR) is 98.7 cm³/mol. The number of carbonyl (C=O) groups excluding carboxylic acids is 1. The fraction of sp³-hybridized carbons (Fsp3) is 0.350. The lowest BCUT2D eigenvalue weighted by molar-refractivity contribution is -0.120. The molecule has 0 amide bonds. The van der Waals surface area contributed by atoms with Crippen molar-refractivity contribution in [2.75, 3.05) is 38.0 Å². The molecule has 0 fully saturated rings. The summed E-state index contributed by atoms with van der Waals surface area (Å²) >= 11 is 0. The molecule has 0 aliphatic carbocycles. The van der Waals surface area contributed by atoms with Gasteiger partial charge in [0.25, 0.3) is 0 Å². The molecule has 0 N–H and O–H groups in total. The minimum Gasteiger partial charge on any atom is -0.378 e. The number of nitrogens with zero attached hydrogens (tertiary/aromatic N) is 2. The second-order valence-corrected chi connectivity index (χ2v) is 6.56. The first-order chi connectivity index (χ1) is 10.8. The summed E-state index contributed by atoms with van der Waals surface area (Å²) in [5, 5.41) is 0. The monoisotopic (exact) mass is 310 g/mol. The van der Waals surface area contributed by atoms with Gasteiger partial charge in [-0.15, -0.1) is 0 Å². The van der Waals surface area contributed by atoms with Crippen LogP contribution in [0.5, 0.6) is 0 Å². The number of hydrogen-bond acceptors (Lipinski definition) is 3. The van der Waals surface area contributed by atoms with Crippen molar-refractivity contribution in [3.05, 3.63) is 59.7 Å². The highest BCUT2D eigenvalue weighted by molar-refractivity contribution is 5.91. The minimum absolute atomic E-state index is 0.146. The molecule has 0 unspecified atom stereocenters. The molecule has 122 valence electrons. The topological polar surface area (TPSA) is 23.6 Å². The summed E-state index contributed by atoms with van der Waals surface area (Å²) in [4.78, 5) is 16.6. The van der Waals surface area contributed by atoms with Crippen molar-refractivity contribution < 1.29 is 4.79 Å². The molecule has 2 rings (SSSR count). The average Bonchev–Trinajstić information content (AvgIpc) is 2.54. The number of benzene rings is 2. The molecule has 0 aromatic heterocycles. The quantitative estimate of drug-likeness (QED) is 0.841. The van der Waals surface area contributed by atoms with E-state index in [1.165, 1.54) is 0 Å². The normalized spacial score (nSPS) is 11.2. The van der Waals surface area contributed by atoms with E-state index in [2.05, 4.69) is 58.3 Å². The van der Waals surface area contributed by atoms with E-state index in [0.29, 0.717) is 0 Å². The van der Waals surface area contributed by atoms with Gasteiger partial charge in [0.2, 0.25) is 0 Å². The molecule has 2 aromatic carbocycles. The second-order valence-electron chi connectivity index (χ2n) is 6.56. The molecule has 0 radical (unpaired) electrons. The molecule has 0 heterocycles. The van der Waals surface area contributed by atoms with Gasteiger partial charge in [0, 0.05) is 39.6 Å². The van der Waals surface area contributed by atoms with E-state index >= 15 is 0 Å². The zero-order chi connectivity index (χ0) is 17.2. The Labute approximate surface area is 139 Å². The van der Waals surface area contributed by atoms with E-state index in [-0.39, 0.29) is 5.78 Å². The summed E-state index contributed by atoms with van der Waals surface area (Å²) in [6.07, 6.45) is 0. The Hall–Kier alpha value is -2.29. The van der Waals surface area contributed by atoms with Gasteiger partial charge in [-0.1, -0.05) is 24.3 Å². The minimum atomic E-state index is -0.629. The highest BCUT2D eigenvalue weighted by atomic mass is 16.1. The molecule has 0 saturated heterocycles. The van der Waals surface area contributed by atoms with Crippen LogP contribution in [0.2, 0.25) is 0 Å². The Balaban J connectivity index is 2.48. The van der Waals surface area contributed by atoms with Crippen LogP contribution in [-0.2, 0) is 10.2 Å². The van der Waals surface area contributed by atoms with Gasteiger partial charge in [0.05, 0.1) is 5.41 Å². The predicted octanol–water partition coefficient (Wildman–Crippen LogP) is 3.71. The Morgan fingerprint density at radius 3 is 1.26 bits per heavy atom. The number of carbonyl (C=O) groups is 1. The Morgan fingerprint density at radius 2 is 1.04 bits per heavy atom. The highest BCUT2D eigenvalue weighted by Gasteiger charge is 2.34. The van der Waals surface area contributed by atoms with Gasteiger partial charge in [-0.3, -0.25) is 4.79 Å². The summed E-state index contributed by atoms with van der Waals surface area (Å²) in [7, 11) is 8.05. The molecule has 3 heteroatoms. The third-order valence-corrected chi connectivity index (χ3v) is 4.63. The van der Waals surface area contributed by atoms with E-state index in [1.807, 2.05) is 35.1 Å². The zero-order valence-electron chi connectivity index (χ0n) is 14.9. The highest BCUT2D eigenvalue weighted by Crippen LogP contribution is 2.34. The summed E-state index contributed by atoms with van der Waals surface area (Å²) < 4.78 is 0. The van der Waals surface area contributed by atoms with Crippen LogP contribution in [0.25, 0.3) is 0 Å². The fourth-order valence-electron chi connectivity index (χ4n) is 2.76. The van der Waals surface area contributed by atoms with Crippen LogP contribution in [0.1, 0.15) is 25.0 Å². The second kappa shape index (κ2) is 6.45. The maximum atomic E-state index is 12.5. The third kappa shape index (κ3) is 3.24. The van der Waals surface area contributed by atoms with Crippen LogP contribution in [-0.4, -0.2) is 34.0 Å². The van der Waals surface area contributed by atoms with Crippen molar-refractivity contribution in [3.8, 4) is 0 Å². The molecule has 2 aromatic rings. The molecule has 0 bridgehead atoms. The van der Waals surface area contributed by atoms with Gasteiger partial charge in [-0.2, -0.15) is 0 Å². The Morgan fingerprint density at radius 1 is 0.739 bits per heavy atom. The average molecular weight is 310 g/mol. The lowest BCUT2D eigenvalue weighted by Gasteiger charge is -2.29. The standard InChI is InChI=1S/C20H26N2O/c1-15(23)20(2,16-7-11-18(12-8-16)21(3)4)17-9-13-19(14-10-17)22(5)6/h7-14H,1-6H3. The zero-order valence-corrected chi connectivity index (χ0v) is 14.9. The van der Waals surface area contributed by atoms with Gasteiger partial charge in [-0.05, 0) is 49.2 Å². The van der Waals surface area contributed by atoms with Gasteiger partial charge >= 0.3 is 0 Å². The summed E-state index contributed by atoms with van der Waals surface area (Å²) in [6, 6.07) is 16.4. The van der Waals surface area contributed by atoms with E-state index in [1.54, 1.807) is 6.92 Å². The van der Waals surface area contributed by atoms with E-state index in [4.69, 9.17) is 0 Å². The first-order valence-electron chi connectivity index (χ1n) is 7.83. The maximum absolute atomic E-state index is 12.5. The largest absolute Gasteiger partial charge is 0.378 e. The van der Waals surface area contributed by atoms with E-state index in [9.17, 15) is 4.79 Å². The molecule has 0 aliphatic rings. The van der Waals surface area contributed by atoms with Crippen LogP contribution in [0.15, 0.2) is 48.5 Å². The molecule has 23 heavy (non-hydrogen) atoms. The van der Waals surface area contributed by atoms with E-state index < -0.39 is 5.41 Å². The van der Waals surface area contributed by atoms with Crippen LogP contribution in [0.4, 0.5) is 11.4 Å². The van der Waals surface area contributed by atoms with Gasteiger partial charge in [0.15, 0.2) is 0 Å². The van der Waals surface area contributed by atoms with Crippen LogP contribution in [0.3, 0.4) is 0 Å². The molecule has 0 aliphatic heterocycles. The summed E-state index contributed by atoms with van der Waals surface area (Å²) in [6.45, 7) is 3.67. The van der Waals surface area contributed by atoms with Crippen molar-refractivity contribution in [3.63, 3.8) is 0 Å². The number of rotatable bonds is 5. The van der Waals surface area contributed by atoms with Gasteiger partial charge in [0.1, 0.15) is 5.78 Å². The van der Waals surface area contributed by atoms with Gasteiger partial charge < -0.3 is 9.80 Å². The summed E-state index contributed by atoms with van der Waals surface area (Å²) in [5.74, 6) is 0.146. The number of hydrogen-bond donors (Lipinski definition) is 0. The van der Waals surface area contributed by atoms with Crippen LogP contribution in [0, 0.1) is 0 Å². The molecule has 0 spiro atoms. The number of anilines is 2. The number of ketones is 1. The molecular weight excluding hydrogens is 284 g/mol. The molecule has 3 nitrogen and oxygen atoms in total. The fourth-order valence-corrected chi connectivity index (χ4v) is 2.76. The number of Topliss-reactive ketones (excluding diaryl/α,β-unsaturated/α-hetero) is 1. The maximum Gasteiger partial charge on any atom is 0.144 e. The van der Waals surface area contributed by atoms with Crippen LogP contribution >= 0.6 is 0 Å². The van der Waals surface area contributed by atoms with Crippen molar-refractivity contribution >= 4 is 17.2 Å². The first kappa shape index (κ1) is 17.1. The Kier molecular flexibility index (Phi) is 4.79. The van der Waals surface area contributed by atoms with Crippen molar-refractivity contribution in [2.45, 2.75) is 19.3 Å². The molecular formula is C20H26N2O. The van der Waals surface area contributed by atoms with Crippen LogP contribution < -0.4 is 9.80 Å². The van der Waals surface area contributed by atoms with Gasteiger partial charge in [-0.25, -0.2) is 0 Å². The lowest BCUT2D eigenvalue weighted by Crippen LogP contribution is -2.32.